The quantitative estimate of drug-likeness (QED) is 0.683. The van der Waals surface area contributed by atoms with E-state index in [1.807, 2.05) is 18.2 Å². The Balaban J connectivity index is 1.34. The third-order valence-corrected chi connectivity index (χ3v) is 3.90. The molecule has 1 atom stereocenters. The van der Waals surface area contributed by atoms with Gasteiger partial charge in [0.1, 0.15) is 0 Å². The predicted octanol–water partition coefficient (Wildman–Crippen LogP) is 1.26. The van der Waals surface area contributed by atoms with E-state index >= 15 is 0 Å². The standard InChI is InChI=1S/C19H23N3O5/c1-22(10-19(24)21-15-3-2-6-20-8-15)9-16(23)12-25-11-14-4-5-17-18(7-14)27-13-26-17/h2-8,16,23H,9-13H2,1H3,(H,21,24). The number of aliphatic hydroxyl groups is 1. The Morgan fingerprint density at radius 3 is 3.04 bits per heavy atom. The van der Waals surface area contributed by atoms with Crippen LogP contribution in [0, 0.1) is 0 Å². The van der Waals surface area contributed by atoms with Crippen LogP contribution in [0.15, 0.2) is 42.7 Å². The van der Waals surface area contributed by atoms with E-state index in [-0.39, 0.29) is 25.9 Å². The third-order valence-electron chi connectivity index (χ3n) is 3.90. The lowest BCUT2D eigenvalue weighted by molar-refractivity contribution is -0.117. The van der Waals surface area contributed by atoms with Crippen molar-refractivity contribution in [2.24, 2.45) is 0 Å². The predicted molar refractivity (Wildman–Crippen MR) is 98.6 cm³/mol. The first kappa shape index (κ1) is 19.1. The molecule has 2 N–H and O–H groups in total. The maximum Gasteiger partial charge on any atom is 0.238 e. The monoisotopic (exact) mass is 373 g/mol. The number of likely N-dealkylation sites (N-methyl/N-ethyl adjacent to an activating group) is 1. The Morgan fingerprint density at radius 2 is 2.22 bits per heavy atom. The Hall–Kier alpha value is -2.68. The number of ether oxygens (including phenoxy) is 3. The van der Waals surface area contributed by atoms with Gasteiger partial charge in [0, 0.05) is 12.7 Å². The van der Waals surface area contributed by atoms with Crippen LogP contribution in [0.25, 0.3) is 0 Å². The largest absolute Gasteiger partial charge is 0.454 e. The van der Waals surface area contributed by atoms with Crippen LogP contribution in [-0.4, -0.2) is 60.5 Å². The number of hydrogen-bond acceptors (Lipinski definition) is 7. The number of amides is 1. The van der Waals surface area contributed by atoms with Crippen LogP contribution < -0.4 is 14.8 Å². The number of benzene rings is 1. The van der Waals surface area contributed by atoms with Crippen LogP contribution in [0.1, 0.15) is 5.56 Å². The van der Waals surface area contributed by atoms with Gasteiger partial charge in [-0.1, -0.05) is 6.07 Å². The number of carbonyl (C=O) groups excluding carboxylic acids is 1. The van der Waals surface area contributed by atoms with Crippen LogP contribution in [-0.2, 0) is 16.1 Å². The maximum absolute atomic E-state index is 12.0. The van der Waals surface area contributed by atoms with Gasteiger partial charge in [0.15, 0.2) is 11.5 Å². The number of aromatic nitrogens is 1. The normalized spacial score (nSPS) is 13.6. The maximum atomic E-state index is 12.0. The average molecular weight is 373 g/mol. The molecule has 0 radical (unpaired) electrons. The minimum absolute atomic E-state index is 0.161. The van der Waals surface area contributed by atoms with E-state index in [0.717, 1.165) is 11.3 Å². The molecule has 1 aliphatic heterocycles. The number of fused-ring (bicyclic) bond motifs is 1. The van der Waals surface area contributed by atoms with Gasteiger partial charge in [0.2, 0.25) is 12.7 Å². The molecule has 8 heteroatoms. The summed E-state index contributed by atoms with van der Waals surface area (Å²) in [5, 5.41) is 12.9. The van der Waals surface area contributed by atoms with Crippen molar-refractivity contribution in [1.29, 1.82) is 0 Å². The zero-order valence-corrected chi connectivity index (χ0v) is 15.1. The van der Waals surface area contributed by atoms with Crippen molar-refractivity contribution in [3.05, 3.63) is 48.3 Å². The highest BCUT2D eigenvalue weighted by Crippen LogP contribution is 2.32. The molecule has 8 nitrogen and oxygen atoms in total. The highest BCUT2D eigenvalue weighted by molar-refractivity contribution is 5.91. The molecule has 27 heavy (non-hydrogen) atoms. The highest BCUT2D eigenvalue weighted by Gasteiger charge is 2.14. The van der Waals surface area contributed by atoms with Crippen molar-refractivity contribution in [3.63, 3.8) is 0 Å². The summed E-state index contributed by atoms with van der Waals surface area (Å²) in [5.41, 5.74) is 1.58. The van der Waals surface area contributed by atoms with Gasteiger partial charge < -0.3 is 24.6 Å². The Morgan fingerprint density at radius 1 is 1.37 bits per heavy atom. The fourth-order valence-electron chi connectivity index (χ4n) is 2.70. The van der Waals surface area contributed by atoms with Crippen molar-refractivity contribution in [2.45, 2.75) is 12.7 Å². The van der Waals surface area contributed by atoms with Gasteiger partial charge in [-0.25, -0.2) is 0 Å². The molecule has 144 valence electrons. The van der Waals surface area contributed by atoms with Crippen LogP contribution in [0.5, 0.6) is 11.5 Å². The second-order valence-corrected chi connectivity index (χ2v) is 6.34. The number of rotatable bonds is 9. The Kier molecular flexibility index (Phi) is 6.59. The van der Waals surface area contributed by atoms with E-state index in [2.05, 4.69) is 10.3 Å². The summed E-state index contributed by atoms with van der Waals surface area (Å²) in [6, 6.07) is 9.12. The van der Waals surface area contributed by atoms with Gasteiger partial charge >= 0.3 is 0 Å². The Bertz CT molecular complexity index is 756. The molecule has 0 saturated carbocycles. The van der Waals surface area contributed by atoms with Crippen molar-refractivity contribution in [2.75, 3.05) is 38.9 Å². The molecule has 1 aliphatic rings. The van der Waals surface area contributed by atoms with Crippen molar-refractivity contribution in [3.8, 4) is 11.5 Å². The lowest BCUT2D eigenvalue weighted by Crippen LogP contribution is -2.37. The van der Waals surface area contributed by atoms with Crippen molar-refractivity contribution < 1.29 is 24.1 Å². The van der Waals surface area contributed by atoms with Crippen LogP contribution >= 0.6 is 0 Å². The summed E-state index contributed by atoms with van der Waals surface area (Å²) in [4.78, 5) is 17.7. The molecular weight excluding hydrogens is 350 g/mol. The number of nitrogens with one attached hydrogen (secondary N) is 1. The Labute approximate surface area is 157 Å². The number of pyridine rings is 1. The van der Waals surface area contributed by atoms with Crippen LogP contribution in [0.2, 0.25) is 0 Å². The number of hydrogen-bond donors (Lipinski definition) is 2. The van der Waals surface area contributed by atoms with Gasteiger partial charge in [-0.3, -0.25) is 14.7 Å². The van der Waals surface area contributed by atoms with E-state index in [1.165, 1.54) is 0 Å². The highest BCUT2D eigenvalue weighted by atomic mass is 16.7. The molecule has 0 spiro atoms. The zero-order chi connectivity index (χ0) is 19.1. The van der Waals surface area contributed by atoms with Gasteiger partial charge in [-0.15, -0.1) is 0 Å². The molecule has 0 fully saturated rings. The van der Waals surface area contributed by atoms with Gasteiger partial charge in [-0.2, -0.15) is 0 Å². The summed E-state index contributed by atoms with van der Waals surface area (Å²) in [7, 11) is 1.77. The third kappa shape index (κ3) is 5.92. The number of carbonyl (C=O) groups is 1. The molecule has 1 unspecified atom stereocenters. The average Bonchev–Trinajstić information content (AvgIpc) is 3.10. The summed E-state index contributed by atoms with van der Waals surface area (Å²) >= 11 is 0. The molecule has 2 aromatic rings. The minimum Gasteiger partial charge on any atom is -0.454 e. The summed E-state index contributed by atoms with van der Waals surface area (Å²) in [6.07, 6.45) is 2.52. The topological polar surface area (TPSA) is 93.2 Å². The van der Waals surface area contributed by atoms with E-state index in [0.29, 0.717) is 24.6 Å². The smallest absolute Gasteiger partial charge is 0.238 e. The second-order valence-electron chi connectivity index (χ2n) is 6.34. The molecular formula is C19H23N3O5. The zero-order valence-electron chi connectivity index (χ0n) is 15.1. The second kappa shape index (κ2) is 9.31. The molecule has 0 saturated heterocycles. The van der Waals surface area contributed by atoms with Gasteiger partial charge in [0.05, 0.1) is 37.7 Å². The SMILES string of the molecule is CN(CC(=O)Nc1cccnc1)CC(O)COCc1ccc2c(c1)OCO2. The van der Waals surface area contributed by atoms with Crippen LogP contribution in [0.4, 0.5) is 5.69 Å². The first-order valence-electron chi connectivity index (χ1n) is 8.63. The molecule has 1 aromatic carbocycles. The lowest BCUT2D eigenvalue weighted by atomic mass is 10.2. The van der Waals surface area contributed by atoms with Crippen LogP contribution in [0.3, 0.4) is 0 Å². The summed E-state index contributed by atoms with van der Waals surface area (Å²) in [5.74, 6) is 1.26. The van der Waals surface area contributed by atoms with E-state index in [9.17, 15) is 9.90 Å². The van der Waals surface area contributed by atoms with E-state index in [1.54, 1.807) is 36.5 Å². The van der Waals surface area contributed by atoms with E-state index < -0.39 is 6.10 Å². The first-order valence-corrected chi connectivity index (χ1v) is 8.63. The molecule has 2 heterocycles. The number of aliphatic hydroxyl groups excluding tert-OH is 1. The fourth-order valence-corrected chi connectivity index (χ4v) is 2.70. The number of nitrogens with zero attached hydrogens (tertiary/aromatic N) is 2. The molecule has 0 bridgehead atoms. The fraction of sp³-hybridized carbons (Fsp3) is 0.368. The van der Waals surface area contributed by atoms with Gasteiger partial charge in [-0.05, 0) is 36.9 Å². The molecule has 0 aliphatic carbocycles. The summed E-state index contributed by atoms with van der Waals surface area (Å²) in [6.45, 7) is 1.25. The molecule has 1 aromatic heterocycles. The molecule has 1 amide bonds. The molecule has 3 rings (SSSR count). The minimum atomic E-state index is -0.699. The number of anilines is 1. The van der Waals surface area contributed by atoms with E-state index in [4.69, 9.17) is 14.2 Å². The summed E-state index contributed by atoms with van der Waals surface area (Å²) < 4.78 is 16.1. The van der Waals surface area contributed by atoms with Crippen molar-refractivity contribution >= 4 is 11.6 Å². The first-order chi connectivity index (χ1) is 13.1. The lowest BCUT2D eigenvalue weighted by Gasteiger charge is -2.20. The van der Waals surface area contributed by atoms with Crippen molar-refractivity contribution in [1.82, 2.24) is 9.88 Å². The van der Waals surface area contributed by atoms with Gasteiger partial charge in [0.25, 0.3) is 0 Å².